The van der Waals surface area contributed by atoms with Crippen LogP contribution in [0.1, 0.15) is 30.5 Å². The fourth-order valence-electron chi connectivity index (χ4n) is 1.91. The number of fused-ring (bicyclic) bond motifs is 1. The van der Waals surface area contributed by atoms with Crippen LogP contribution in [0.25, 0.3) is 0 Å². The van der Waals surface area contributed by atoms with Gasteiger partial charge in [-0.25, -0.2) is 0 Å². The lowest BCUT2D eigenvalue weighted by molar-refractivity contribution is 0.398. The molecule has 2 rings (SSSR count). The molecule has 1 unspecified atom stereocenters. The summed E-state index contributed by atoms with van der Waals surface area (Å²) in [6.45, 7) is 2.69. The van der Waals surface area contributed by atoms with Crippen LogP contribution in [0.15, 0.2) is 0 Å². The third kappa shape index (κ3) is 1.03. The number of rotatable bonds is 1. The van der Waals surface area contributed by atoms with Gasteiger partial charge in [0.05, 0.1) is 0 Å². The van der Waals surface area contributed by atoms with Gasteiger partial charge in [-0.2, -0.15) is 0 Å². The molecule has 66 valence electrons. The Morgan fingerprint density at radius 3 is 3.17 bits per heavy atom. The summed E-state index contributed by atoms with van der Waals surface area (Å²) in [5.74, 6) is 2.11. The maximum atomic E-state index is 5.67. The molecule has 12 heavy (non-hydrogen) atoms. The summed E-state index contributed by atoms with van der Waals surface area (Å²) in [6.07, 6.45) is 3.42. The molecule has 0 amide bonds. The third-order valence-electron chi connectivity index (χ3n) is 2.51. The number of aryl methyl sites for hydroxylation is 2. The second-order valence-corrected chi connectivity index (χ2v) is 3.32. The lowest BCUT2D eigenvalue weighted by atomic mass is 10.0. The Hall–Kier alpha value is -0.900. The number of hydrogen-bond acceptors (Lipinski definition) is 3. The number of hydrogen-bond donors (Lipinski definition) is 1. The Bertz CT molecular complexity index is 279. The van der Waals surface area contributed by atoms with Crippen molar-refractivity contribution in [1.82, 2.24) is 14.8 Å². The normalized spacial score (nSPS) is 22.3. The van der Waals surface area contributed by atoms with E-state index < -0.39 is 0 Å². The van der Waals surface area contributed by atoms with Crippen LogP contribution >= 0.6 is 0 Å². The van der Waals surface area contributed by atoms with E-state index in [1.807, 2.05) is 6.92 Å². The van der Waals surface area contributed by atoms with Crippen molar-refractivity contribution in [2.24, 2.45) is 5.73 Å². The minimum absolute atomic E-state index is 0.434. The summed E-state index contributed by atoms with van der Waals surface area (Å²) in [4.78, 5) is 0. The summed E-state index contributed by atoms with van der Waals surface area (Å²) in [7, 11) is 0. The second-order valence-electron chi connectivity index (χ2n) is 3.32. The quantitative estimate of drug-likeness (QED) is 0.658. The van der Waals surface area contributed by atoms with E-state index in [0.717, 1.165) is 18.1 Å². The van der Waals surface area contributed by atoms with Gasteiger partial charge in [-0.05, 0) is 19.8 Å². The van der Waals surface area contributed by atoms with E-state index in [9.17, 15) is 0 Å². The zero-order chi connectivity index (χ0) is 8.55. The summed E-state index contributed by atoms with van der Waals surface area (Å²) >= 11 is 0. The van der Waals surface area contributed by atoms with E-state index in [-0.39, 0.29) is 0 Å². The summed E-state index contributed by atoms with van der Waals surface area (Å²) in [5, 5.41) is 8.17. The molecule has 0 bridgehead atoms. The van der Waals surface area contributed by atoms with Crippen LogP contribution < -0.4 is 5.73 Å². The van der Waals surface area contributed by atoms with Crippen LogP contribution in [0.4, 0.5) is 0 Å². The Morgan fingerprint density at radius 2 is 2.42 bits per heavy atom. The summed E-state index contributed by atoms with van der Waals surface area (Å²) in [5.41, 5.74) is 5.67. The average Bonchev–Trinajstić information content (AvgIpc) is 2.48. The maximum absolute atomic E-state index is 5.67. The molecule has 4 nitrogen and oxygen atoms in total. The van der Waals surface area contributed by atoms with Gasteiger partial charge in [-0.1, -0.05) is 0 Å². The van der Waals surface area contributed by atoms with Crippen LogP contribution in [-0.2, 0) is 6.42 Å². The average molecular weight is 166 g/mol. The predicted octanol–water partition coefficient (Wildman–Crippen LogP) is 0.423. The lowest BCUT2D eigenvalue weighted by Crippen LogP contribution is -2.25. The van der Waals surface area contributed by atoms with Crippen molar-refractivity contribution < 1.29 is 0 Å². The summed E-state index contributed by atoms with van der Waals surface area (Å²) in [6, 6.07) is 0.434. The first-order valence-corrected chi connectivity index (χ1v) is 4.43. The Kier molecular flexibility index (Phi) is 1.84. The standard InChI is InChI=1S/C8H14N4/c1-6-10-11-8-4-2-3-7(5-9)12(6)8/h7H,2-5,9H2,1H3. The maximum Gasteiger partial charge on any atom is 0.133 e. The minimum Gasteiger partial charge on any atom is -0.328 e. The van der Waals surface area contributed by atoms with Crippen molar-refractivity contribution >= 4 is 0 Å². The van der Waals surface area contributed by atoms with Crippen LogP contribution in [0.5, 0.6) is 0 Å². The van der Waals surface area contributed by atoms with Crippen molar-refractivity contribution in [3.05, 3.63) is 11.6 Å². The van der Waals surface area contributed by atoms with Crippen molar-refractivity contribution in [1.29, 1.82) is 0 Å². The van der Waals surface area contributed by atoms with Gasteiger partial charge < -0.3 is 10.3 Å². The molecular formula is C8H14N4. The van der Waals surface area contributed by atoms with Crippen LogP contribution in [0, 0.1) is 6.92 Å². The molecule has 0 fully saturated rings. The third-order valence-corrected chi connectivity index (χ3v) is 2.51. The molecule has 0 radical (unpaired) electrons. The number of aromatic nitrogens is 3. The zero-order valence-corrected chi connectivity index (χ0v) is 7.32. The molecule has 0 saturated carbocycles. The molecule has 0 saturated heterocycles. The molecule has 1 atom stereocenters. The highest BCUT2D eigenvalue weighted by Crippen LogP contribution is 2.23. The Balaban J connectivity index is 2.41. The fourth-order valence-corrected chi connectivity index (χ4v) is 1.91. The molecule has 0 aromatic carbocycles. The van der Waals surface area contributed by atoms with Crippen molar-refractivity contribution in [2.75, 3.05) is 6.54 Å². The van der Waals surface area contributed by atoms with Gasteiger partial charge in [-0.15, -0.1) is 10.2 Å². The van der Waals surface area contributed by atoms with Crippen LogP contribution in [0.3, 0.4) is 0 Å². The van der Waals surface area contributed by atoms with E-state index >= 15 is 0 Å². The van der Waals surface area contributed by atoms with Crippen LogP contribution in [-0.4, -0.2) is 21.3 Å². The largest absolute Gasteiger partial charge is 0.328 e. The minimum atomic E-state index is 0.434. The molecule has 1 aliphatic rings. The predicted molar refractivity (Wildman–Crippen MR) is 45.8 cm³/mol. The molecule has 1 aromatic heterocycles. The molecule has 2 N–H and O–H groups in total. The van der Waals surface area contributed by atoms with E-state index in [1.165, 1.54) is 12.8 Å². The van der Waals surface area contributed by atoms with Gasteiger partial charge in [0.15, 0.2) is 0 Å². The summed E-state index contributed by atoms with van der Waals surface area (Å²) < 4.78 is 2.18. The molecule has 2 heterocycles. The van der Waals surface area contributed by atoms with E-state index in [4.69, 9.17) is 5.73 Å². The Labute approximate surface area is 71.8 Å². The molecule has 1 aromatic rings. The fraction of sp³-hybridized carbons (Fsp3) is 0.750. The van der Waals surface area contributed by atoms with Gasteiger partial charge in [0, 0.05) is 19.0 Å². The second kappa shape index (κ2) is 2.86. The molecule has 0 aliphatic carbocycles. The van der Waals surface area contributed by atoms with Crippen LogP contribution in [0.2, 0.25) is 0 Å². The lowest BCUT2D eigenvalue weighted by Gasteiger charge is -2.23. The molecule has 4 heteroatoms. The number of nitrogens with two attached hydrogens (primary N) is 1. The number of nitrogens with zero attached hydrogens (tertiary/aromatic N) is 3. The molecular weight excluding hydrogens is 152 g/mol. The van der Waals surface area contributed by atoms with Crippen molar-refractivity contribution in [3.8, 4) is 0 Å². The highest BCUT2D eigenvalue weighted by atomic mass is 15.3. The topological polar surface area (TPSA) is 56.7 Å². The van der Waals surface area contributed by atoms with Gasteiger partial charge in [0.2, 0.25) is 0 Å². The first-order chi connectivity index (χ1) is 5.83. The van der Waals surface area contributed by atoms with E-state index in [1.54, 1.807) is 0 Å². The SMILES string of the molecule is Cc1nnc2n1C(CN)CCC2. The molecule has 1 aliphatic heterocycles. The highest BCUT2D eigenvalue weighted by molar-refractivity contribution is 5.00. The first kappa shape index (κ1) is 7.73. The van der Waals surface area contributed by atoms with Gasteiger partial charge in [-0.3, -0.25) is 0 Å². The highest BCUT2D eigenvalue weighted by Gasteiger charge is 2.21. The monoisotopic (exact) mass is 166 g/mol. The smallest absolute Gasteiger partial charge is 0.133 e. The van der Waals surface area contributed by atoms with E-state index in [2.05, 4.69) is 14.8 Å². The van der Waals surface area contributed by atoms with Gasteiger partial charge in [0.1, 0.15) is 11.6 Å². The van der Waals surface area contributed by atoms with Gasteiger partial charge in [0.25, 0.3) is 0 Å². The van der Waals surface area contributed by atoms with Gasteiger partial charge >= 0.3 is 0 Å². The van der Waals surface area contributed by atoms with Crippen molar-refractivity contribution in [3.63, 3.8) is 0 Å². The van der Waals surface area contributed by atoms with E-state index in [0.29, 0.717) is 12.6 Å². The van der Waals surface area contributed by atoms with Crippen molar-refractivity contribution in [2.45, 2.75) is 32.2 Å². The zero-order valence-electron chi connectivity index (χ0n) is 7.32. The first-order valence-electron chi connectivity index (χ1n) is 4.43. The molecule has 0 spiro atoms. The Morgan fingerprint density at radius 1 is 1.58 bits per heavy atom.